The van der Waals surface area contributed by atoms with Crippen LogP contribution in [0, 0.1) is 5.82 Å². The first-order chi connectivity index (χ1) is 14.5. The van der Waals surface area contributed by atoms with Crippen LogP contribution in [0.2, 0.25) is 0 Å². The number of anilines is 2. The first kappa shape index (κ1) is 23.2. The summed E-state index contributed by atoms with van der Waals surface area (Å²) >= 11 is 0. The third kappa shape index (κ3) is 5.44. The Labute approximate surface area is 179 Å². The highest BCUT2D eigenvalue weighted by Crippen LogP contribution is 2.38. The zero-order valence-corrected chi connectivity index (χ0v) is 18.1. The van der Waals surface area contributed by atoms with Crippen molar-refractivity contribution in [1.29, 1.82) is 0 Å². The molecule has 2 aromatic rings. The topological polar surface area (TPSA) is 50.3 Å². The number of hydrogen-bond acceptors (Lipinski definition) is 5. The van der Waals surface area contributed by atoms with E-state index in [9.17, 15) is 13.2 Å². The van der Waals surface area contributed by atoms with Gasteiger partial charge in [-0.1, -0.05) is 12.1 Å². The van der Waals surface area contributed by atoms with Crippen LogP contribution in [0.25, 0.3) is 0 Å². The van der Waals surface area contributed by atoms with Crippen molar-refractivity contribution in [3.63, 3.8) is 0 Å². The maximum atomic E-state index is 15.3. The minimum atomic E-state index is -4.39. The molecular weight excluding hydrogens is 412 g/mol. The van der Waals surface area contributed by atoms with Crippen LogP contribution in [0.1, 0.15) is 57.2 Å². The van der Waals surface area contributed by atoms with E-state index < -0.39 is 17.6 Å². The molecule has 170 valence electrons. The van der Waals surface area contributed by atoms with Gasteiger partial charge in [-0.25, -0.2) is 9.97 Å². The number of hydrogen-bond donors (Lipinski definition) is 1. The number of nitrogens with one attached hydrogen (secondary N) is 1. The van der Waals surface area contributed by atoms with Gasteiger partial charge in [0.2, 0.25) is 5.82 Å². The van der Waals surface area contributed by atoms with Crippen LogP contribution in [0.5, 0.6) is 0 Å². The molecule has 1 aliphatic heterocycles. The summed E-state index contributed by atoms with van der Waals surface area (Å²) in [6, 6.07) is 4.70. The van der Waals surface area contributed by atoms with Gasteiger partial charge in [0.15, 0.2) is 11.6 Å². The predicted molar refractivity (Wildman–Crippen MR) is 112 cm³/mol. The highest BCUT2D eigenvalue weighted by molar-refractivity contribution is 5.53. The minimum Gasteiger partial charge on any atom is -0.379 e. The smallest absolute Gasteiger partial charge is 0.379 e. The molecule has 0 aliphatic carbocycles. The number of benzene rings is 1. The molecule has 1 aliphatic rings. The van der Waals surface area contributed by atoms with E-state index >= 15 is 4.39 Å². The molecule has 0 radical (unpaired) electrons. The van der Waals surface area contributed by atoms with E-state index in [2.05, 4.69) is 15.3 Å². The van der Waals surface area contributed by atoms with Gasteiger partial charge in [-0.15, -0.1) is 0 Å². The molecule has 1 aromatic carbocycles. The molecule has 5 nitrogen and oxygen atoms in total. The fraction of sp³-hybridized carbons (Fsp3) is 0.545. The molecular formula is C22H28F4N4O. The molecule has 2 heterocycles. The van der Waals surface area contributed by atoms with Crippen LogP contribution in [-0.4, -0.2) is 35.3 Å². The van der Waals surface area contributed by atoms with Crippen molar-refractivity contribution >= 4 is 11.6 Å². The Hall–Kier alpha value is -2.42. The highest BCUT2D eigenvalue weighted by atomic mass is 19.4. The molecule has 9 heteroatoms. The minimum absolute atomic E-state index is 0.0995. The fourth-order valence-corrected chi connectivity index (χ4v) is 4.03. The van der Waals surface area contributed by atoms with E-state index in [-0.39, 0.29) is 29.3 Å². The Morgan fingerprint density at radius 3 is 2.48 bits per heavy atom. The normalized spacial score (nSPS) is 18.3. The zero-order chi connectivity index (χ0) is 22.8. The molecule has 1 saturated heterocycles. The van der Waals surface area contributed by atoms with Crippen LogP contribution in [0.3, 0.4) is 0 Å². The molecule has 0 saturated carbocycles. The van der Waals surface area contributed by atoms with Gasteiger partial charge in [-0.05, 0) is 57.7 Å². The number of ether oxygens (including phenoxy) is 1. The van der Waals surface area contributed by atoms with E-state index in [0.717, 1.165) is 18.6 Å². The van der Waals surface area contributed by atoms with Crippen LogP contribution < -0.4 is 10.2 Å². The van der Waals surface area contributed by atoms with Crippen LogP contribution >= 0.6 is 0 Å². The molecule has 2 atom stereocenters. The molecule has 2 unspecified atom stereocenters. The number of methoxy groups -OCH3 is 1. The maximum Gasteiger partial charge on any atom is 0.416 e. The number of nitrogens with zero attached hydrogens (tertiary/aromatic N) is 3. The van der Waals surface area contributed by atoms with Gasteiger partial charge >= 0.3 is 6.18 Å². The van der Waals surface area contributed by atoms with Crippen LogP contribution in [0.15, 0.2) is 30.6 Å². The van der Waals surface area contributed by atoms with Crippen molar-refractivity contribution in [1.82, 2.24) is 9.97 Å². The standard InChI is InChI=1S/C22H28F4N4O/c1-14(12-21(2,3)31-4)29-19-18(23)20(28-13-27-19)30-11-5-6-17(30)15-7-9-16(10-8-15)22(24,25)26/h7-10,13-14,17H,5-6,11-12H2,1-4H3,(H,27,28,29). The first-order valence-corrected chi connectivity index (χ1v) is 10.3. The maximum absolute atomic E-state index is 15.3. The molecule has 1 fully saturated rings. The van der Waals surface area contributed by atoms with Crippen molar-refractivity contribution in [2.75, 3.05) is 23.9 Å². The van der Waals surface area contributed by atoms with Gasteiger partial charge in [-0.2, -0.15) is 17.6 Å². The summed E-state index contributed by atoms with van der Waals surface area (Å²) in [7, 11) is 1.63. The molecule has 3 rings (SSSR count). The van der Waals surface area contributed by atoms with Gasteiger partial charge < -0.3 is 15.0 Å². The van der Waals surface area contributed by atoms with Crippen molar-refractivity contribution in [2.45, 2.75) is 63.9 Å². The lowest BCUT2D eigenvalue weighted by Gasteiger charge is -2.29. The summed E-state index contributed by atoms with van der Waals surface area (Å²) in [5.74, 6) is -0.316. The lowest BCUT2D eigenvalue weighted by Crippen LogP contribution is -2.32. The lowest BCUT2D eigenvalue weighted by molar-refractivity contribution is -0.137. The quantitative estimate of drug-likeness (QED) is 0.569. The second kappa shape index (κ2) is 8.98. The second-order valence-corrected chi connectivity index (χ2v) is 8.54. The van der Waals surface area contributed by atoms with Crippen LogP contribution in [0.4, 0.5) is 29.2 Å². The number of alkyl halides is 3. The summed E-state index contributed by atoms with van der Waals surface area (Å²) in [6.45, 7) is 6.38. The summed E-state index contributed by atoms with van der Waals surface area (Å²) in [5, 5.41) is 3.09. The Kier molecular flexibility index (Phi) is 6.73. The van der Waals surface area contributed by atoms with E-state index in [1.165, 1.54) is 18.5 Å². The molecule has 0 bridgehead atoms. The predicted octanol–water partition coefficient (Wildman–Crippen LogP) is 5.59. The van der Waals surface area contributed by atoms with Gasteiger partial charge in [0, 0.05) is 19.7 Å². The number of rotatable bonds is 7. The van der Waals surface area contributed by atoms with Crippen molar-refractivity contribution < 1.29 is 22.3 Å². The third-order valence-electron chi connectivity index (χ3n) is 5.65. The first-order valence-electron chi connectivity index (χ1n) is 10.3. The van der Waals surface area contributed by atoms with Crippen LogP contribution in [-0.2, 0) is 10.9 Å². The zero-order valence-electron chi connectivity index (χ0n) is 18.1. The highest BCUT2D eigenvalue weighted by Gasteiger charge is 2.33. The van der Waals surface area contributed by atoms with Crippen molar-refractivity contribution in [2.24, 2.45) is 0 Å². The second-order valence-electron chi connectivity index (χ2n) is 8.54. The third-order valence-corrected chi connectivity index (χ3v) is 5.65. The van der Waals surface area contributed by atoms with Gasteiger partial charge in [-0.3, -0.25) is 0 Å². The Morgan fingerprint density at radius 1 is 1.19 bits per heavy atom. The van der Waals surface area contributed by atoms with Gasteiger partial charge in [0.05, 0.1) is 17.2 Å². The van der Waals surface area contributed by atoms with Gasteiger partial charge in [0.25, 0.3) is 0 Å². The summed E-state index contributed by atoms with van der Waals surface area (Å²) < 4.78 is 59.3. The fourth-order valence-electron chi connectivity index (χ4n) is 4.03. The van der Waals surface area contributed by atoms with E-state index in [1.54, 1.807) is 12.0 Å². The summed E-state index contributed by atoms with van der Waals surface area (Å²) in [4.78, 5) is 10.00. The average Bonchev–Trinajstić information content (AvgIpc) is 3.18. The van der Waals surface area contributed by atoms with E-state index in [0.29, 0.717) is 24.9 Å². The molecule has 1 N–H and O–H groups in total. The lowest BCUT2D eigenvalue weighted by atomic mass is 10.00. The number of aromatic nitrogens is 2. The molecule has 0 amide bonds. The van der Waals surface area contributed by atoms with E-state index in [1.807, 2.05) is 20.8 Å². The average molecular weight is 440 g/mol. The molecule has 1 aromatic heterocycles. The summed E-state index contributed by atoms with van der Waals surface area (Å²) in [6.07, 6.45) is -0.954. The van der Waals surface area contributed by atoms with E-state index in [4.69, 9.17) is 4.74 Å². The Balaban J connectivity index is 1.81. The van der Waals surface area contributed by atoms with Crippen molar-refractivity contribution in [3.05, 3.63) is 47.5 Å². The van der Waals surface area contributed by atoms with Gasteiger partial charge in [0.1, 0.15) is 6.33 Å². The molecule has 31 heavy (non-hydrogen) atoms. The monoisotopic (exact) mass is 440 g/mol. The largest absolute Gasteiger partial charge is 0.416 e. The SMILES string of the molecule is COC(C)(C)CC(C)Nc1ncnc(N2CCCC2c2ccc(C(F)(F)F)cc2)c1F. The Morgan fingerprint density at radius 2 is 1.87 bits per heavy atom. The summed E-state index contributed by atoms with van der Waals surface area (Å²) in [5.41, 5.74) is -0.372. The Bertz CT molecular complexity index is 886. The molecule has 0 spiro atoms. The number of halogens is 4. The van der Waals surface area contributed by atoms with Crippen molar-refractivity contribution in [3.8, 4) is 0 Å².